The quantitative estimate of drug-likeness (QED) is 0.437. The van der Waals surface area contributed by atoms with Gasteiger partial charge in [-0.15, -0.1) is 0 Å². The lowest BCUT2D eigenvalue weighted by Gasteiger charge is -2.09. The number of nitro groups is 1. The Balaban J connectivity index is 1.96. The lowest BCUT2D eigenvalue weighted by Crippen LogP contribution is -2.30. The summed E-state index contributed by atoms with van der Waals surface area (Å²) in [4.78, 5) is 22.0. The normalized spacial score (nSPS) is 19.9. The van der Waals surface area contributed by atoms with Gasteiger partial charge in [-0.05, 0) is 24.5 Å². The summed E-state index contributed by atoms with van der Waals surface area (Å²) < 4.78 is 22.9. The first-order valence-electron chi connectivity index (χ1n) is 7.20. The molecule has 2 N–H and O–H groups in total. The third-order valence-corrected chi connectivity index (χ3v) is 4.89. The fraction of sp³-hybridized carbons (Fsp3) is 0.500. The highest BCUT2D eigenvalue weighted by Gasteiger charge is 2.38. The molecule has 8 nitrogen and oxygen atoms in total. The minimum absolute atomic E-state index is 0.00113. The average Bonchev–Trinajstić information content (AvgIpc) is 3.19. The molecule has 9 heteroatoms. The van der Waals surface area contributed by atoms with Crippen LogP contribution in [-0.2, 0) is 14.6 Å². The number of benzene rings is 1. The molecule has 0 aromatic heterocycles. The maximum absolute atomic E-state index is 11.6. The monoisotopic (exact) mass is 341 g/mol. The molecule has 2 atom stereocenters. The van der Waals surface area contributed by atoms with Crippen LogP contribution in [-0.4, -0.2) is 38.6 Å². The maximum Gasteiger partial charge on any atom is 0.293 e. The Labute approximate surface area is 134 Å². The number of anilines is 1. The first-order chi connectivity index (χ1) is 10.7. The summed E-state index contributed by atoms with van der Waals surface area (Å²) in [6, 6.07) is 3.70. The Bertz CT molecular complexity index is 732. The summed E-state index contributed by atoms with van der Waals surface area (Å²) in [6.07, 6.45) is 1.89. The van der Waals surface area contributed by atoms with Gasteiger partial charge in [-0.2, -0.15) is 0 Å². The van der Waals surface area contributed by atoms with Crippen LogP contribution in [0.5, 0.6) is 0 Å². The van der Waals surface area contributed by atoms with Gasteiger partial charge in [-0.3, -0.25) is 14.9 Å². The summed E-state index contributed by atoms with van der Waals surface area (Å²) in [5.41, 5.74) is -0.0912. The molecule has 1 aliphatic rings. The lowest BCUT2D eigenvalue weighted by atomic mass is 10.2. The van der Waals surface area contributed by atoms with Crippen LogP contribution in [0.3, 0.4) is 0 Å². The van der Waals surface area contributed by atoms with Gasteiger partial charge in [0.2, 0.25) is 5.91 Å². The van der Waals surface area contributed by atoms with Crippen LogP contribution in [0.2, 0.25) is 0 Å². The molecule has 1 aromatic rings. The second kappa shape index (κ2) is 6.53. The van der Waals surface area contributed by atoms with Crippen LogP contribution in [0.15, 0.2) is 23.1 Å². The number of rotatable bonds is 7. The van der Waals surface area contributed by atoms with Crippen molar-refractivity contribution in [3.05, 3.63) is 28.3 Å². The van der Waals surface area contributed by atoms with E-state index in [4.69, 9.17) is 0 Å². The van der Waals surface area contributed by atoms with E-state index in [1.165, 1.54) is 12.1 Å². The minimum atomic E-state index is -3.51. The van der Waals surface area contributed by atoms with Gasteiger partial charge in [0.15, 0.2) is 9.84 Å². The average molecular weight is 341 g/mol. The number of sulfone groups is 1. The highest BCUT2D eigenvalue weighted by atomic mass is 32.2. The number of carbonyl (C=O) groups excluding carboxylic acids is 1. The molecule has 126 valence electrons. The van der Waals surface area contributed by atoms with Crippen molar-refractivity contribution in [3.63, 3.8) is 0 Å². The molecule has 0 unspecified atom stereocenters. The Morgan fingerprint density at radius 3 is 2.57 bits per heavy atom. The van der Waals surface area contributed by atoms with Gasteiger partial charge in [-0.1, -0.05) is 6.92 Å². The zero-order valence-electron chi connectivity index (χ0n) is 12.9. The molecule has 0 heterocycles. The van der Waals surface area contributed by atoms with Crippen molar-refractivity contribution in [3.8, 4) is 0 Å². The standard InChI is InChI=1S/C14H19N3O5S/c1-9-7-11(9)14(18)16-6-5-15-12-4-3-10(23(2,21)22)8-13(12)17(19)20/h3-4,8-9,11,15H,5-7H2,1-2H3,(H,16,18)/t9-,11-/m0/s1. The van der Waals surface area contributed by atoms with Crippen molar-refractivity contribution in [1.29, 1.82) is 0 Å². The number of carbonyl (C=O) groups is 1. The van der Waals surface area contributed by atoms with Gasteiger partial charge < -0.3 is 10.6 Å². The molecular formula is C14H19N3O5S. The van der Waals surface area contributed by atoms with Crippen LogP contribution < -0.4 is 10.6 Å². The van der Waals surface area contributed by atoms with Crippen molar-refractivity contribution in [1.82, 2.24) is 5.32 Å². The third-order valence-electron chi connectivity index (χ3n) is 3.78. The second-order valence-corrected chi connectivity index (χ2v) is 7.76. The number of hydrogen-bond donors (Lipinski definition) is 2. The van der Waals surface area contributed by atoms with E-state index in [1.807, 2.05) is 6.92 Å². The van der Waals surface area contributed by atoms with Gasteiger partial charge >= 0.3 is 0 Å². The molecule has 0 saturated heterocycles. The number of nitrogens with one attached hydrogen (secondary N) is 2. The molecule has 1 amide bonds. The molecule has 2 rings (SSSR count). The maximum atomic E-state index is 11.6. The molecule has 1 aromatic carbocycles. The zero-order chi connectivity index (χ0) is 17.2. The molecule has 1 saturated carbocycles. The summed E-state index contributed by atoms with van der Waals surface area (Å²) >= 11 is 0. The molecular weight excluding hydrogens is 322 g/mol. The first kappa shape index (κ1) is 17.2. The largest absolute Gasteiger partial charge is 0.378 e. The smallest absolute Gasteiger partial charge is 0.293 e. The van der Waals surface area contributed by atoms with Crippen LogP contribution in [0.1, 0.15) is 13.3 Å². The molecule has 1 fully saturated rings. The van der Waals surface area contributed by atoms with Crippen molar-refractivity contribution in [2.24, 2.45) is 11.8 Å². The summed E-state index contributed by atoms with van der Waals surface area (Å²) in [5.74, 6) is 0.507. The molecule has 0 aliphatic heterocycles. The van der Waals surface area contributed by atoms with E-state index >= 15 is 0 Å². The van der Waals surface area contributed by atoms with Crippen LogP contribution in [0.25, 0.3) is 0 Å². The molecule has 0 radical (unpaired) electrons. The topological polar surface area (TPSA) is 118 Å². The highest BCUT2D eigenvalue weighted by Crippen LogP contribution is 2.37. The predicted octanol–water partition coefficient (Wildman–Crippen LogP) is 1.18. The van der Waals surface area contributed by atoms with Crippen LogP contribution >= 0.6 is 0 Å². The van der Waals surface area contributed by atoms with E-state index in [0.717, 1.165) is 18.7 Å². The fourth-order valence-electron chi connectivity index (χ4n) is 2.24. The number of nitrogens with zero attached hydrogens (tertiary/aromatic N) is 1. The molecule has 23 heavy (non-hydrogen) atoms. The van der Waals surface area contributed by atoms with E-state index in [0.29, 0.717) is 19.0 Å². The van der Waals surface area contributed by atoms with Gasteiger partial charge in [0.05, 0.1) is 9.82 Å². The van der Waals surface area contributed by atoms with Gasteiger partial charge in [0.25, 0.3) is 5.69 Å². The SMILES string of the molecule is C[C@H]1C[C@@H]1C(=O)NCCNc1ccc(S(C)(=O)=O)cc1[N+](=O)[O-]. The van der Waals surface area contributed by atoms with Crippen LogP contribution in [0.4, 0.5) is 11.4 Å². The van der Waals surface area contributed by atoms with E-state index in [-0.39, 0.29) is 28.1 Å². The van der Waals surface area contributed by atoms with Crippen molar-refractivity contribution in [2.45, 2.75) is 18.2 Å². The highest BCUT2D eigenvalue weighted by molar-refractivity contribution is 7.90. The number of amides is 1. The molecule has 0 spiro atoms. The van der Waals surface area contributed by atoms with Crippen LogP contribution in [0, 0.1) is 22.0 Å². The Morgan fingerprint density at radius 2 is 2.04 bits per heavy atom. The predicted molar refractivity (Wildman–Crippen MR) is 85.0 cm³/mol. The number of nitro benzene ring substituents is 1. The van der Waals surface area contributed by atoms with Gasteiger partial charge in [0, 0.05) is 31.3 Å². The summed E-state index contributed by atoms with van der Waals surface area (Å²) in [6.45, 7) is 2.66. The van der Waals surface area contributed by atoms with Gasteiger partial charge in [0.1, 0.15) is 5.69 Å². The zero-order valence-corrected chi connectivity index (χ0v) is 13.7. The van der Waals surface area contributed by atoms with E-state index in [1.54, 1.807) is 0 Å². The van der Waals surface area contributed by atoms with Crippen molar-refractivity contribution >= 4 is 27.1 Å². The molecule has 1 aliphatic carbocycles. The lowest BCUT2D eigenvalue weighted by molar-refractivity contribution is -0.384. The Morgan fingerprint density at radius 1 is 1.39 bits per heavy atom. The minimum Gasteiger partial charge on any atom is -0.378 e. The second-order valence-electron chi connectivity index (χ2n) is 5.75. The first-order valence-corrected chi connectivity index (χ1v) is 9.09. The Kier molecular flexibility index (Phi) is 4.88. The third kappa shape index (κ3) is 4.41. The van der Waals surface area contributed by atoms with Crippen molar-refractivity contribution < 1.29 is 18.1 Å². The fourth-order valence-corrected chi connectivity index (χ4v) is 2.88. The van der Waals surface area contributed by atoms with Crippen molar-refractivity contribution in [2.75, 3.05) is 24.7 Å². The van der Waals surface area contributed by atoms with E-state index in [2.05, 4.69) is 10.6 Å². The van der Waals surface area contributed by atoms with Gasteiger partial charge in [-0.25, -0.2) is 8.42 Å². The summed E-state index contributed by atoms with van der Waals surface area (Å²) in [5, 5.41) is 16.7. The summed E-state index contributed by atoms with van der Waals surface area (Å²) in [7, 11) is -3.51. The van der Waals surface area contributed by atoms with E-state index in [9.17, 15) is 23.3 Å². The molecule has 0 bridgehead atoms. The Hall–Kier alpha value is -2.16. The van der Waals surface area contributed by atoms with E-state index < -0.39 is 14.8 Å². The number of hydrogen-bond acceptors (Lipinski definition) is 6.